The van der Waals surface area contributed by atoms with Crippen LogP contribution in [0.4, 0.5) is 5.69 Å². The predicted octanol–water partition coefficient (Wildman–Crippen LogP) is 3.40. The molecule has 1 saturated carbocycles. The summed E-state index contributed by atoms with van der Waals surface area (Å²) >= 11 is 0. The van der Waals surface area contributed by atoms with Gasteiger partial charge >= 0.3 is 0 Å². The molecule has 1 aliphatic carbocycles. The van der Waals surface area contributed by atoms with Crippen LogP contribution >= 0.6 is 0 Å². The molecule has 5 rings (SSSR count). The maximum absolute atomic E-state index is 13.6. The van der Waals surface area contributed by atoms with Gasteiger partial charge in [-0.05, 0) is 49.3 Å². The fourth-order valence-electron chi connectivity index (χ4n) is 5.58. The van der Waals surface area contributed by atoms with Crippen LogP contribution in [0.3, 0.4) is 0 Å². The summed E-state index contributed by atoms with van der Waals surface area (Å²) in [5.74, 6) is 0.0428. The lowest BCUT2D eigenvalue weighted by Gasteiger charge is -2.37. The molecule has 2 amide bonds. The van der Waals surface area contributed by atoms with Crippen LogP contribution in [0.1, 0.15) is 49.3 Å². The number of anilines is 1. The number of hydrogen-bond donors (Lipinski definition) is 2. The Morgan fingerprint density at radius 2 is 1.69 bits per heavy atom. The average molecular weight is 390 g/mol. The highest BCUT2D eigenvalue weighted by molar-refractivity contribution is 6.07. The molecule has 0 radical (unpaired) electrons. The van der Waals surface area contributed by atoms with Crippen molar-refractivity contribution in [2.45, 2.75) is 49.7 Å². The molecule has 2 N–H and O–H groups in total. The zero-order valence-electron chi connectivity index (χ0n) is 16.4. The fourth-order valence-corrected chi connectivity index (χ4v) is 5.58. The van der Waals surface area contributed by atoms with Gasteiger partial charge in [0, 0.05) is 18.2 Å². The highest BCUT2D eigenvalue weighted by atomic mass is 16.3. The van der Waals surface area contributed by atoms with Gasteiger partial charge in [0.1, 0.15) is 5.41 Å². The number of carbonyl (C=O) groups excluding carboxylic acids is 2. The number of rotatable bonds is 2. The molecule has 2 aromatic carbocycles. The highest BCUT2D eigenvalue weighted by Crippen LogP contribution is 2.55. The normalized spacial score (nSPS) is 31.0. The van der Waals surface area contributed by atoms with Gasteiger partial charge in [0.2, 0.25) is 11.8 Å². The summed E-state index contributed by atoms with van der Waals surface area (Å²) in [6, 6.07) is 17.5. The maximum atomic E-state index is 13.6. The van der Waals surface area contributed by atoms with E-state index in [2.05, 4.69) is 5.32 Å². The Morgan fingerprint density at radius 3 is 2.45 bits per heavy atom. The monoisotopic (exact) mass is 390 g/mol. The standard InChI is InChI=1S/C24H26N2O3/c27-18-12-10-17(11-13-18)22(28)26-15-14-24(21(26)16-6-2-1-3-7-16)19-8-4-5-9-20(19)25-23(24)29/h1-9,17-18,21,27H,10-15H2,(H,25,29). The summed E-state index contributed by atoms with van der Waals surface area (Å²) < 4.78 is 0. The van der Waals surface area contributed by atoms with Crippen molar-refractivity contribution in [2.75, 3.05) is 11.9 Å². The van der Waals surface area contributed by atoms with Crippen LogP contribution in [0.5, 0.6) is 0 Å². The minimum Gasteiger partial charge on any atom is -0.393 e. The van der Waals surface area contributed by atoms with Crippen molar-refractivity contribution >= 4 is 17.5 Å². The molecule has 2 heterocycles. The van der Waals surface area contributed by atoms with E-state index in [1.807, 2.05) is 59.5 Å². The summed E-state index contributed by atoms with van der Waals surface area (Å²) in [6.45, 7) is 0.569. The van der Waals surface area contributed by atoms with Gasteiger partial charge in [-0.2, -0.15) is 0 Å². The number of amides is 2. The Morgan fingerprint density at radius 1 is 1.00 bits per heavy atom. The number of aliphatic hydroxyl groups excluding tert-OH is 1. The predicted molar refractivity (Wildman–Crippen MR) is 110 cm³/mol. The molecule has 2 aromatic rings. The van der Waals surface area contributed by atoms with E-state index in [1.165, 1.54) is 0 Å². The first-order valence-corrected chi connectivity index (χ1v) is 10.6. The minimum atomic E-state index is -0.748. The average Bonchev–Trinajstić information content (AvgIpc) is 3.28. The van der Waals surface area contributed by atoms with Crippen LogP contribution < -0.4 is 5.32 Å². The van der Waals surface area contributed by atoms with Crippen LogP contribution in [0, 0.1) is 5.92 Å². The third-order valence-corrected chi connectivity index (χ3v) is 7.03. The molecule has 2 unspecified atom stereocenters. The summed E-state index contributed by atoms with van der Waals surface area (Å²) in [4.78, 5) is 28.9. The first-order chi connectivity index (χ1) is 14.1. The van der Waals surface area contributed by atoms with Crippen LogP contribution in [0.2, 0.25) is 0 Å². The van der Waals surface area contributed by atoms with Crippen LogP contribution in [-0.4, -0.2) is 34.5 Å². The van der Waals surface area contributed by atoms with Crippen molar-refractivity contribution in [2.24, 2.45) is 5.92 Å². The Hall–Kier alpha value is -2.66. The Labute approximate surface area is 170 Å². The number of hydrogen-bond acceptors (Lipinski definition) is 3. The van der Waals surface area contributed by atoms with Gasteiger partial charge < -0.3 is 15.3 Å². The first-order valence-electron chi connectivity index (χ1n) is 10.6. The molecule has 0 bridgehead atoms. The third kappa shape index (κ3) is 2.79. The van der Waals surface area contributed by atoms with E-state index in [9.17, 15) is 14.7 Å². The summed E-state index contributed by atoms with van der Waals surface area (Å²) in [5.41, 5.74) is 2.10. The van der Waals surface area contributed by atoms with Gasteiger partial charge in [-0.3, -0.25) is 9.59 Å². The van der Waals surface area contributed by atoms with Gasteiger partial charge in [-0.15, -0.1) is 0 Å². The van der Waals surface area contributed by atoms with Gasteiger partial charge in [-0.25, -0.2) is 0 Å². The SMILES string of the molecule is O=C(C1CCC(O)CC1)N1CCC2(C(=O)Nc3ccccc32)C1c1ccccc1. The number of benzene rings is 2. The Kier molecular flexibility index (Phi) is 4.43. The highest BCUT2D eigenvalue weighted by Gasteiger charge is 2.59. The van der Waals surface area contributed by atoms with E-state index >= 15 is 0 Å². The molecule has 5 nitrogen and oxygen atoms in total. The van der Waals surface area contributed by atoms with Crippen LogP contribution in [-0.2, 0) is 15.0 Å². The number of nitrogens with zero attached hydrogens (tertiary/aromatic N) is 1. The molecule has 29 heavy (non-hydrogen) atoms. The van der Waals surface area contributed by atoms with Crippen LogP contribution in [0.25, 0.3) is 0 Å². The summed E-state index contributed by atoms with van der Waals surface area (Å²) in [5, 5.41) is 12.9. The van der Waals surface area contributed by atoms with E-state index in [0.717, 1.165) is 16.8 Å². The Balaban J connectivity index is 1.58. The van der Waals surface area contributed by atoms with Crippen molar-refractivity contribution in [3.05, 3.63) is 65.7 Å². The van der Waals surface area contributed by atoms with E-state index in [1.54, 1.807) is 0 Å². The molecule has 150 valence electrons. The third-order valence-electron chi connectivity index (χ3n) is 7.03. The topological polar surface area (TPSA) is 69.6 Å². The number of fused-ring (bicyclic) bond motifs is 2. The van der Waals surface area contributed by atoms with Crippen molar-refractivity contribution in [1.82, 2.24) is 4.90 Å². The second-order valence-corrected chi connectivity index (χ2v) is 8.57. The molecular formula is C24H26N2O3. The van der Waals surface area contributed by atoms with E-state index in [-0.39, 0.29) is 29.9 Å². The molecule has 2 aliphatic heterocycles. The van der Waals surface area contributed by atoms with E-state index in [4.69, 9.17) is 0 Å². The van der Waals surface area contributed by atoms with Gasteiger partial charge in [-0.1, -0.05) is 48.5 Å². The molecule has 1 saturated heterocycles. The number of likely N-dealkylation sites (tertiary alicyclic amines) is 1. The maximum Gasteiger partial charge on any atom is 0.237 e. The van der Waals surface area contributed by atoms with Crippen molar-refractivity contribution in [3.63, 3.8) is 0 Å². The molecule has 5 heteroatoms. The van der Waals surface area contributed by atoms with Crippen LogP contribution in [0.15, 0.2) is 54.6 Å². The van der Waals surface area contributed by atoms with Crippen molar-refractivity contribution in [1.29, 1.82) is 0 Å². The zero-order valence-corrected chi connectivity index (χ0v) is 16.4. The lowest BCUT2D eigenvalue weighted by molar-refractivity contribution is -0.139. The molecule has 0 aromatic heterocycles. The second-order valence-electron chi connectivity index (χ2n) is 8.57. The van der Waals surface area contributed by atoms with Gasteiger partial charge in [0.05, 0.1) is 12.1 Å². The Bertz CT molecular complexity index is 936. The summed E-state index contributed by atoms with van der Waals surface area (Å²) in [7, 11) is 0. The molecule has 1 spiro atoms. The number of aliphatic hydroxyl groups is 1. The largest absolute Gasteiger partial charge is 0.393 e. The quantitative estimate of drug-likeness (QED) is 0.826. The second kappa shape index (κ2) is 6.99. The molecule has 3 aliphatic rings. The molecule has 2 atom stereocenters. The summed E-state index contributed by atoms with van der Waals surface area (Å²) in [6.07, 6.45) is 3.11. The smallest absolute Gasteiger partial charge is 0.237 e. The number of para-hydroxylation sites is 1. The lowest BCUT2D eigenvalue weighted by atomic mass is 9.72. The van der Waals surface area contributed by atoms with E-state index < -0.39 is 5.41 Å². The van der Waals surface area contributed by atoms with Gasteiger partial charge in [0.25, 0.3) is 0 Å². The molecule has 2 fully saturated rings. The van der Waals surface area contributed by atoms with Crippen molar-refractivity contribution < 1.29 is 14.7 Å². The van der Waals surface area contributed by atoms with Gasteiger partial charge in [0.15, 0.2) is 0 Å². The fraction of sp³-hybridized carbons (Fsp3) is 0.417. The zero-order chi connectivity index (χ0) is 20.0. The molecular weight excluding hydrogens is 364 g/mol. The number of nitrogens with one attached hydrogen (secondary N) is 1. The number of carbonyl (C=O) groups is 2. The van der Waals surface area contributed by atoms with Crippen molar-refractivity contribution in [3.8, 4) is 0 Å². The minimum absolute atomic E-state index is 0.0121. The van der Waals surface area contributed by atoms with E-state index in [0.29, 0.717) is 38.6 Å². The first kappa shape index (κ1) is 18.4. The lowest BCUT2D eigenvalue weighted by Crippen LogP contribution is -2.44.